The van der Waals surface area contributed by atoms with Gasteiger partial charge in [0.05, 0.1) is 6.61 Å². The summed E-state index contributed by atoms with van der Waals surface area (Å²) in [6.07, 6.45) is 6.30. The van der Waals surface area contributed by atoms with E-state index in [1.807, 2.05) is 13.0 Å². The van der Waals surface area contributed by atoms with Crippen LogP contribution >= 0.6 is 0 Å². The van der Waals surface area contributed by atoms with E-state index in [9.17, 15) is 0 Å². The first-order chi connectivity index (χ1) is 9.26. The van der Waals surface area contributed by atoms with Gasteiger partial charge in [-0.3, -0.25) is 0 Å². The first kappa shape index (κ1) is 16.0. The molecule has 1 aromatic rings. The van der Waals surface area contributed by atoms with Crippen molar-refractivity contribution in [1.29, 1.82) is 0 Å². The summed E-state index contributed by atoms with van der Waals surface area (Å²) in [6, 6.07) is 4.15. The molecule has 0 unspecified atom stereocenters. The Morgan fingerprint density at radius 3 is 2.63 bits per heavy atom. The Bertz CT molecular complexity index is 353. The minimum absolute atomic E-state index is 0.767. The Kier molecular flexibility index (Phi) is 8.23. The lowest BCUT2D eigenvalue weighted by molar-refractivity contribution is 0.292. The maximum atomic E-state index is 5.75. The van der Waals surface area contributed by atoms with Crippen LogP contribution in [0.25, 0.3) is 0 Å². The van der Waals surface area contributed by atoms with Crippen LogP contribution in [0.1, 0.15) is 57.2 Å². The lowest BCUT2D eigenvalue weighted by Crippen LogP contribution is -2.12. The summed E-state index contributed by atoms with van der Waals surface area (Å²) in [4.78, 5) is 4.43. The standard InChI is InChI=1S/C16H28N2O/c1-4-6-7-8-9-10-19-16-12-15(13-17-5-2)11-14(3)18-16/h11-12,17H,4-10,13H2,1-3H3. The van der Waals surface area contributed by atoms with Crippen LogP contribution in [0, 0.1) is 6.92 Å². The lowest BCUT2D eigenvalue weighted by Gasteiger charge is -2.09. The summed E-state index contributed by atoms with van der Waals surface area (Å²) in [5.41, 5.74) is 2.27. The zero-order valence-corrected chi connectivity index (χ0v) is 12.7. The molecule has 1 N–H and O–H groups in total. The summed E-state index contributed by atoms with van der Waals surface area (Å²) in [5, 5.41) is 3.33. The van der Waals surface area contributed by atoms with Gasteiger partial charge in [0, 0.05) is 18.3 Å². The number of aromatic nitrogens is 1. The van der Waals surface area contributed by atoms with Crippen LogP contribution in [0.3, 0.4) is 0 Å². The molecule has 0 amide bonds. The van der Waals surface area contributed by atoms with Crippen LogP contribution in [0.4, 0.5) is 0 Å². The predicted molar refractivity (Wildman–Crippen MR) is 80.6 cm³/mol. The van der Waals surface area contributed by atoms with Gasteiger partial charge >= 0.3 is 0 Å². The summed E-state index contributed by atoms with van der Waals surface area (Å²) in [6.45, 7) is 9.01. The topological polar surface area (TPSA) is 34.1 Å². The number of ether oxygens (including phenoxy) is 1. The highest BCUT2D eigenvalue weighted by Gasteiger charge is 2.01. The largest absolute Gasteiger partial charge is 0.478 e. The number of nitrogens with one attached hydrogen (secondary N) is 1. The highest BCUT2D eigenvalue weighted by Crippen LogP contribution is 2.13. The molecule has 108 valence electrons. The van der Waals surface area contributed by atoms with Crippen LogP contribution in [0.2, 0.25) is 0 Å². The third-order valence-corrected chi connectivity index (χ3v) is 3.07. The molecule has 1 aromatic heterocycles. The van der Waals surface area contributed by atoms with Crippen molar-refractivity contribution >= 4 is 0 Å². The fraction of sp³-hybridized carbons (Fsp3) is 0.688. The third kappa shape index (κ3) is 7.16. The van der Waals surface area contributed by atoms with E-state index in [0.29, 0.717) is 0 Å². The van der Waals surface area contributed by atoms with Crippen molar-refractivity contribution in [1.82, 2.24) is 10.3 Å². The maximum absolute atomic E-state index is 5.75. The van der Waals surface area contributed by atoms with Crippen LogP contribution < -0.4 is 10.1 Å². The summed E-state index contributed by atoms with van der Waals surface area (Å²) in [7, 11) is 0. The summed E-state index contributed by atoms with van der Waals surface area (Å²) < 4.78 is 5.75. The van der Waals surface area contributed by atoms with Crippen LogP contribution in [-0.4, -0.2) is 18.1 Å². The Balaban J connectivity index is 2.34. The second-order valence-corrected chi connectivity index (χ2v) is 5.00. The Labute approximate surface area is 117 Å². The first-order valence-electron chi connectivity index (χ1n) is 7.57. The molecule has 3 nitrogen and oxygen atoms in total. The number of unbranched alkanes of at least 4 members (excludes halogenated alkanes) is 4. The Hall–Kier alpha value is -1.09. The van der Waals surface area contributed by atoms with Crippen molar-refractivity contribution < 1.29 is 4.74 Å². The molecule has 0 aliphatic carbocycles. The van der Waals surface area contributed by atoms with Gasteiger partial charge in [0.2, 0.25) is 5.88 Å². The average Bonchev–Trinajstić information content (AvgIpc) is 2.40. The lowest BCUT2D eigenvalue weighted by atomic mass is 10.2. The average molecular weight is 264 g/mol. The van der Waals surface area contributed by atoms with E-state index in [0.717, 1.165) is 37.7 Å². The van der Waals surface area contributed by atoms with E-state index in [2.05, 4.69) is 30.2 Å². The summed E-state index contributed by atoms with van der Waals surface area (Å²) >= 11 is 0. The van der Waals surface area contributed by atoms with Crippen LogP contribution in [0.5, 0.6) is 5.88 Å². The fourth-order valence-corrected chi connectivity index (χ4v) is 2.03. The number of hydrogen-bond acceptors (Lipinski definition) is 3. The molecule has 0 fully saturated rings. The highest BCUT2D eigenvalue weighted by molar-refractivity contribution is 5.24. The van der Waals surface area contributed by atoms with Crippen molar-refractivity contribution in [2.75, 3.05) is 13.2 Å². The molecule has 0 aromatic carbocycles. The quantitative estimate of drug-likeness (QED) is 0.652. The maximum Gasteiger partial charge on any atom is 0.213 e. The highest BCUT2D eigenvalue weighted by atomic mass is 16.5. The van der Waals surface area contributed by atoms with Crippen molar-refractivity contribution in [3.63, 3.8) is 0 Å². The number of aryl methyl sites for hydroxylation is 1. The third-order valence-electron chi connectivity index (χ3n) is 3.07. The van der Waals surface area contributed by atoms with Gasteiger partial charge in [-0.1, -0.05) is 39.5 Å². The number of nitrogens with zero attached hydrogens (tertiary/aromatic N) is 1. The van der Waals surface area contributed by atoms with Crippen molar-refractivity contribution in [3.05, 3.63) is 23.4 Å². The second kappa shape index (κ2) is 9.79. The molecule has 0 aliphatic rings. The molecular weight excluding hydrogens is 236 g/mol. The van der Waals surface area contributed by atoms with Crippen molar-refractivity contribution in [3.8, 4) is 5.88 Å². The molecule has 0 bridgehead atoms. The molecular formula is C16H28N2O. The van der Waals surface area contributed by atoms with Crippen molar-refractivity contribution in [2.45, 2.75) is 59.4 Å². The molecule has 0 saturated carbocycles. The van der Waals surface area contributed by atoms with Gasteiger partial charge in [-0.15, -0.1) is 0 Å². The number of pyridine rings is 1. The fourth-order valence-electron chi connectivity index (χ4n) is 2.03. The monoisotopic (exact) mass is 264 g/mol. The van der Waals surface area contributed by atoms with Gasteiger partial charge in [-0.2, -0.15) is 0 Å². The van der Waals surface area contributed by atoms with Gasteiger partial charge in [-0.25, -0.2) is 4.98 Å². The smallest absolute Gasteiger partial charge is 0.213 e. The van der Waals surface area contributed by atoms with Crippen LogP contribution in [-0.2, 0) is 6.54 Å². The van der Waals surface area contributed by atoms with Gasteiger partial charge in [0.15, 0.2) is 0 Å². The second-order valence-electron chi connectivity index (χ2n) is 5.00. The molecule has 0 radical (unpaired) electrons. The van der Waals surface area contributed by atoms with E-state index in [-0.39, 0.29) is 0 Å². The Morgan fingerprint density at radius 2 is 1.89 bits per heavy atom. The number of rotatable bonds is 10. The minimum atomic E-state index is 0.767. The zero-order chi connectivity index (χ0) is 13.9. The molecule has 0 aliphatic heterocycles. The Morgan fingerprint density at radius 1 is 1.11 bits per heavy atom. The molecule has 1 rings (SSSR count). The van der Waals surface area contributed by atoms with Crippen LogP contribution in [0.15, 0.2) is 12.1 Å². The van der Waals surface area contributed by atoms with E-state index < -0.39 is 0 Å². The summed E-state index contributed by atoms with van der Waals surface area (Å²) in [5.74, 6) is 0.767. The molecule has 0 spiro atoms. The van der Waals surface area contributed by atoms with Crippen molar-refractivity contribution in [2.24, 2.45) is 0 Å². The normalized spacial score (nSPS) is 10.7. The molecule has 0 atom stereocenters. The van der Waals surface area contributed by atoms with Gasteiger partial charge in [-0.05, 0) is 31.5 Å². The molecule has 1 heterocycles. The molecule has 19 heavy (non-hydrogen) atoms. The van der Waals surface area contributed by atoms with E-state index in [1.54, 1.807) is 0 Å². The van der Waals surface area contributed by atoms with Gasteiger partial charge < -0.3 is 10.1 Å². The molecule has 3 heteroatoms. The van der Waals surface area contributed by atoms with E-state index in [4.69, 9.17) is 4.74 Å². The van der Waals surface area contributed by atoms with E-state index >= 15 is 0 Å². The van der Waals surface area contributed by atoms with Gasteiger partial charge in [0.1, 0.15) is 0 Å². The molecule has 0 saturated heterocycles. The minimum Gasteiger partial charge on any atom is -0.478 e. The predicted octanol–water partition coefficient (Wildman–Crippen LogP) is 3.85. The SMILES string of the molecule is CCCCCCCOc1cc(CNCC)cc(C)n1. The number of hydrogen-bond donors (Lipinski definition) is 1. The zero-order valence-electron chi connectivity index (χ0n) is 12.7. The first-order valence-corrected chi connectivity index (χ1v) is 7.57. The van der Waals surface area contributed by atoms with Gasteiger partial charge in [0.25, 0.3) is 0 Å². The van der Waals surface area contributed by atoms with E-state index in [1.165, 1.54) is 31.2 Å².